The van der Waals surface area contributed by atoms with Crippen LogP contribution in [0.25, 0.3) is 0 Å². The molecule has 14 nitrogen and oxygen atoms in total. The van der Waals surface area contributed by atoms with Gasteiger partial charge in [0.25, 0.3) is 0 Å². The van der Waals surface area contributed by atoms with Crippen molar-refractivity contribution in [3.05, 3.63) is 48.5 Å². The van der Waals surface area contributed by atoms with Gasteiger partial charge in [-0.3, -0.25) is 9.98 Å². The Labute approximate surface area is 291 Å². The van der Waals surface area contributed by atoms with Gasteiger partial charge >= 0.3 is 79.4 Å². The first-order valence-corrected chi connectivity index (χ1v) is 16.5. The van der Waals surface area contributed by atoms with Gasteiger partial charge in [-0.25, -0.2) is 16.8 Å². The Balaban J connectivity index is 0. The molecular weight excluding hydrogens is 658 g/mol. The van der Waals surface area contributed by atoms with Crippen molar-refractivity contribution in [2.75, 3.05) is 0 Å². The summed E-state index contributed by atoms with van der Waals surface area (Å²) in [5, 5.41) is 0. The standard InChI is InChI=1S/2C11H15NO6S2.2Na/c2*1-11(2,3)12-8-18-20(16,17)10-6-4-5-9(7-10)19(13,14)15;;/h2*4-8H,1-3H3,(H,13,14,15);;/q;;2*+1/p-2. The van der Waals surface area contributed by atoms with E-state index >= 15 is 0 Å². The topological polar surface area (TPSA) is 226 Å². The largest absolute Gasteiger partial charge is 1.00 e. The quantitative estimate of drug-likeness (QED) is 0.0859. The molecule has 0 saturated heterocycles. The average molecular weight is 687 g/mol. The van der Waals surface area contributed by atoms with Crippen molar-refractivity contribution in [1.82, 2.24) is 0 Å². The average Bonchev–Trinajstić information content (AvgIpc) is 2.76. The summed E-state index contributed by atoms with van der Waals surface area (Å²) in [5.41, 5.74) is -1.04. The molecule has 0 fully saturated rings. The maximum Gasteiger partial charge on any atom is 1.00 e. The van der Waals surface area contributed by atoms with Crippen LogP contribution < -0.4 is 59.1 Å². The van der Waals surface area contributed by atoms with E-state index in [0.717, 1.165) is 61.3 Å². The smallest absolute Gasteiger partial charge is 0.744 e. The van der Waals surface area contributed by atoms with Crippen LogP contribution in [0.3, 0.4) is 0 Å². The summed E-state index contributed by atoms with van der Waals surface area (Å²) in [5.74, 6) is 0. The van der Waals surface area contributed by atoms with Gasteiger partial charge < -0.3 is 17.5 Å². The molecule has 0 aromatic heterocycles. The molecule has 0 aliphatic carbocycles. The van der Waals surface area contributed by atoms with Crippen molar-refractivity contribution in [1.29, 1.82) is 0 Å². The van der Waals surface area contributed by atoms with Gasteiger partial charge in [0.05, 0.1) is 20.9 Å². The van der Waals surface area contributed by atoms with Crippen LogP contribution in [0.15, 0.2) is 78.1 Å². The minimum Gasteiger partial charge on any atom is -0.744 e. The van der Waals surface area contributed by atoms with Crippen molar-refractivity contribution in [3.63, 3.8) is 0 Å². The van der Waals surface area contributed by atoms with E-state index in [2.05, 4.69) is 18.4 Å². The summed E-state index contributed by atoms with van der Waals surface area (Å²) in [7, 11) is -17.9. The van der Waals surface area contributed by atoms with Crippen LogP contribution in [-0.2, 0) is 48.8 Å². The third kappa shape index (κ3) is 16.2. The molecule has 0 aliphatic heterocycles. The molecular formula is C22H28N2Na2O12S4. The van der Waals surface area contributed by atoms with Gasteiger partial charge in [-0.2, -0.15) is 16.8 Å². The number of aliphatic imine (C=N–C) groups is 2. The molecule has 0 amide bonds. The van der Waals surface area contributed by atoms with E-state index in [1.165, 1.54) is 0 Å². The monoisotopic (exact) mass is 686 g/mol. The van der Waals surface area contributed by atoms with Gasteiger partial charge in [-0.05, 0) is 77.9 Å². The van der Waals surface area contributed by atoms with Crippen molar-refractivity contribution < 1.29 is 110 Å². The first kappa shape index (κ1) is 43.2. The van der Waals surface area contributed by atoms with Crippen molar-refractivity contribution in [2.45, 2.75) is 72.2 Å². The second-order valence-electron chi connectivity index (χ2n) is 9.77. The Morgan fingerprint density at radius 2 is 0.833 bits per heavy atom. The molecule has 0 N–H and O–H groups in total. The Morgan fingerprint density at radius 3 is 1.07 bits per heavy atom. The number of nitrogens with zero attached hydrogens (tertiary/aromatic N) is 2. The van der Waals surface area contributed by atoms with Crippen LogP contribution in [-0.4, -0.2) is 66.7 Å². The summed E-state index contributed by atoms with van der Waals surface area (Å²) in [4.78, 5) is 5.51. The molecule has 0 radical (unpaired) electrons. The van der Waals surface area contributed by atoms with Crippen LogP contribution >= 0.6 is 0 Å². The van der Waals surface area contributed by atoms with E-state index < -0.39 is 71.1 Å². The van der Waals surface area contributed by atoms with Crippen molar-refractivity contribution >= 4 is 53.3 Å². The first-order valence-electron chi connectivity index (χ1n) is 10.9. The molecule has 0 bridgehead atoms. The van der Waals surface area contributed by atoms with Crippen molar-refractivity contribution in [2.24, 2.45) is 9.98 Å². The van der Waals surface area contributed by atoms with Gasteiger partial charge in [-0.15, -0.1) is 0 Å². The summed E-state index contributed by atoms with van der Waals surface area (Å²) < 4.78 is 121. The predicted octanol–water partition coefficient (Wildman–Crippen LogP) is -3.75. The van der Waals surface area contributed by atoms with E-state index in [0.29, 0.717) is 0 Å². The molecule has 0 aliphatic rings. The van der Waals surface area contributed by atoms with Crippen LogP contribution in [0.5, 0.6) is 0 Å². The molecule has 2 aromatic rings. The Hall–Kier alpha value is -0.900. The molecule has 2 aromatic carbocycles. The van der Waals surface area contributed by atoms with E-state index in [1.54, 1.807) is 41.5 Å². The van der Waals surface area contributed by atoms with E-state index in [4.69, 9.17) is 0 Å². The van der Waals surface area contributed by atoms with E-state index in [9.17, 15) is 42.8 Å². The van der Waals surface area contributed by atoms with Gasteiger partial charge in [0.1, 0.15) is 30.0 Å². The Kier molecular flexibility index (Phi) is 16.9. The molecule has 224 valence electrons. The molecule has 0 unspecified atom stereocenters. The van der Waals surface area contributed by atoms with Gasteiger partial charge in [0.15, 0.2) is 12.8 Å². The third-order valence-electron chi connectivity index (χ3n) is 3.99. The SMILES string of the molecule is CC(C)(C)N=COS(=O)(=O)c1cccc(S(=O)(=O)[O-])c1.CC(C)(C)N=COS(=O)(=O)c1cccc(S(=O)(=O)[O-])c1.[Na+].[Na+]. The molecule has 2 rings (SSSR count). The molecule has 0 atom stereocenters. The van der Waals surface area contributed by atoms with Crippen LogP contribution in [0.1, 0.15) is 41.5 Å². The second-order valence-corrected chi connectivity index (χ2v) is 15.7. The van der Waals surface area contributed by atoms with E-state index in [-0.39, 0.29) is 59.1 Å². The molecule has 0 spiro atoms. The zero-order valence-electron chi connectivity index (χ0n) is 24.2. The zero-order chi connectivity index (χ0) is 31.2. The van der Waals surface area contributed by atoms with Crippen LogP contribution in [0.4, 0.5) is 0 Å². The van der Waals surface area contributed by atoms with Gasteiger partial charge in [0, 0.05) is 0 Å². The number of benzene rings is 2. The van der Waals surface area contributed by atoms with Crippen molar-refractivity contribution in [3.8, 4) is 0 Å². The normalized spacial score (nSPS) is 13.0. The van der Waals surface area contributed by atoms with E-state index in [1.807, 2.05) is 0 Å². The van der Waals surface area contributed by atoms with Gasteiger partial charge in [0.2, 0.25) is 0 Å². The Morgan fingerprint density at radius 1 is 0.571 bits per heavy atom. The molecule has 0 heterocycles. The Bertz CT molecular complexity index is 1570. The zero-order valence-corrected chi connectivity index (χ0v) is 31.5. The third-order valence-corrected chi connectivity index (χ3v) is 7.99. The molecule has 0 saturated carbocycles. The van der Waals surface area contributed by atoms with Gasteiger partial charge in [-0.1, -0.05) is 12.1 Å². The minimum atomic E-state index is -4.73. The maximum absolute atomic E-state index is 11.8. The number of hydrogen-bond acceptors (Lipinski definition) is 14. The minimum absolute atomic E-state index is 0. The summed E-state index contributed by atoms with van der Waals surface area (Å²) >= 11 is 0. The summed E-state index contributed by atoms with van der Waals surface area (Å²) in [6.07, 6.45) is 1.54. The molecule has 42 heavy (non-hydrogen) atoms. The fourth-order valence-corrected chi connectivity index (χ4v) is 4.90. The summed E-state index contributed by atoms with van der Waals surface area (Å²) in [6.45, 7) is 10.4. The summed E-state index contributed by atoms with van der Waals surface area (Å²) in [6, 6.07) is 8.01. The molecule has 20 heteroatoms. The van der Waals surface area contributed by atoms with Crippen LogP contribution in [0, 0.1) is 0 Å². The number of hydrogen-bond donors (Lipinski definition) is 0. The maximum atomic E-state index is 11.8. The second kappa shape index (κ2) is 16.4. The number of rotatable bonds is 8. The fraction of sp³-hybridized carbons (Fsp3) is 0.364. The predicted molar refractivity (Wildman–Crippen MR) is 142 cm³/mol. The van der Waals surface area contributed by atoms with Crippen LogP contribution in [0.2, 0.25) is 0 Å². The fourth-order valence-electron chi connectivity index (χ4n) is 2.15. The first-order chi connectivity index (χ1) is 17.8.